The Morgan fingerprint density at radius 1 is 1.13 bits per heavy atom. The van der Waals surface area contributed by atoms with Crippen molar-refractivity contribution >= 4 is 28.5 Å². The highest BCUT2D eigenvalue weighted by atomic mass is 19.4. The number of carbonyl (C=O) groups excluding carboxylic acids is 1. The molecule has 4 rings (SSSR count). The van der Waals surface area contributed by atoms with E-state index in [9.17, 15) is 22.4 Å². The molecule has 0 aliphatic carbocycles. The number of nitrogens with one attached hydrogen (secondary N) is 2. The van der Waals surface area contributed by atoms with Gasteiger partial charge in [0.25, 0.3) is 5.91 Å². The average Bonchev–Trinajstić information content (AvgIpc) is 2.99. The molecular weight excluding hydrogens is 414 g/mol. The predicted octanol–water partition coefficient (Wildman–Crippen LogP) is 4.86. The van der Waals surface area contributed by atoms with Gasteiger partial charge in [0, 0.05) is 41.9 Å². The molecule has 1 fully saturated rings. The number of morpholine rings is 1. The van der Waals surface area contributed by atoms with Crippen LogP contribution in [0.3, 0.4) is 0 Å². The number of anilines is 3. The first kappa shape index (κ1) is 21.2. The molecule has 0 bridgehead atoms. The van der Waals surface area contributed by atoms with Crippen LogP contribution in [-0.4, -0.2) is 31.2 Å². The van der Waals surface area contributed by atoms with Gasteiger partial charge in [-0.05, 0) is 50.2 Å². The summed E-state index contributed by atoms with van der Waals surface area (Å²) in [6, 6.07) is 7.80. The number of amides is 1. The van der Waals surface area contributed by atoms with E-state index < -0.39 is 23.5 Å². The fourth-order valence-corrected chi connectivity index (χ4v) is 3.96. The molecule has 2 N–H and O–H groups in total. The van der Waals surface area contributed by atoms with E-state index in [0.717, 1.165) is 6.07 Å². The predicted molar refractivity (Wildman–Crippen MR) is 110 cm³/mol. The third-order valence-electron chi connectivity index (χ3n) is 5.21. The molecule has 2 atom stereocenters. The lowest BCUT2D eigenvalue weighted by Gasteiger charge is -2.38. The van der Waals surface area contributed by atoms with Crippen LogP contribution in [0.15, 0.2) is 42.6 Å². The Morgan fingerprint density at radius 2 is 1.84 bits per heavy atom. The summed E-state index contributed by atoms with van der Waals surface area (Å²) in [5.41, 5.74) is 0.402. The van der Waals surface area contributed by atoms with Crippen molar-refractivity contribution in [1.29, 1.82) is 0 Å². The van der Waals surface area contributed by atoms with E-state index in [2.05, 4.69) is 10.6 Å². The van der Waals surface area contributed by atoms with Crippen LogP contribution in [0, 0.1) is 5.82 Å². The molecule has 2 unspecified atom stereocenters. The van der Waals surface area contributed by atoms with Crippen LogP contribution in [-0.2, 0) is 15.7 Å². The lowest BCUT2D eigenvalue weighted by Crippen LogP contribution is -2.46. The molecule has 0 spiro atoms. The third-order valence-corrected chi connectivity index (χ3v) is 5.21. The number of alkyl halides is 3. The molecule has 0 radical (unpaired) electrons. The van der Waals surface area contributed by atoms with Gasteiger partial charge in [0.15, 0.2) is 0 Å². The number of nitrogens with zero attached hydrogens (tertiary/aromatic N) is 1. The van der Waals surface area contributed by atoms with Crippen LogP contribution in [0.2, 0.25) is 0 Å². The smallest absolute Gasteiger partial charge is 0.372 e. The fourth-order valence-electron chi connectivity index (χ4n) is 3.96. The summed E-state index contributed by atoms with van der Waals surface area (Å²) in [7, 11) is 0. The van der Waals surface area contributed by atoms with Crippen LogP contribution >= 0.6 is 0 Å². The van der Waals surface area contributed by atoms with Crippen LogP contribution in [0.1, 0.15) is 25.0 Å². The highest BCUT2D eigenvalue weighted by molar-refractivity contribution is 6.31. The first-order valence-electron chi connectivity index (χ1n) is 9.81. The van der Waals surface area contributed by atoms with Gasteiger partial charge in [-0.3, -0.25) is 4.79 Å². The van der Waals surface area contributed by atoms with Crippen LogP contribution in [0.5, 0.6) is 0 Å². The molecule has 2 aliphatic heterocycles. The number of hydrogen-bond acceptors (Lipinski definition) is 4. The Labute approximate surface area is 176 Å². The van der Waals surface area contributed by atoms with Crippen molar-refractivity contribution in [1.82, 2.24) is 0 Å². The first-order chi connectivity index (χ1) is 14.6. The zero-order valence-electron chi connectivity index (χ0n) is 16.9. The maximum atomic E-state index is 13.8. The lowest BCUT2D eigenvalue weighted by molar-refractivity contribution is -0.137. The zero-order valence-corrected chi connectivity index (χ0v) is 16.9. The van der Waals surface area contributed by atoms with Crippen molar-refractivity contribution in [3.63, 3.8) is 0 Å². The molecule has 2 heterocycles. The molecule has 2 aromatic rings. The number of rotatable bonds is 3. The van der Waals surface area contributed by atoms with Gasteiger partial charge in [-0.1, -0.05) is 0 Å². The Morgan fingerprint density at radius 3 is 2.52 bits per heavy atom. The average molecular weight is 435 g/mol. The molecule has 5 nitrogen and oxygen atoms in total. The summed E-state index contributed by atoms with van der Waals surface area (Å²) in [5, 5.41) is 5.34. The van der Waals surface area contributed by atoms with Gasteiger partial charge in [0.05, 0.1) is 23.3 Å². The summed E-state index contributed by atoms with van der Waals surface area (Å²) < 4.78 is 60.6. The summed E-state index contributed by atoms with van der Waals surface area (Å²) in [4.78, 5) is 13.8. The summed E-state index contributed by atoms with van der Waals surface area (Å²) in [6.07, 6.45) is -3.65. The van der Waals surface area contributed by atoms with Gasteiger partial charge in [0.1, 0.15) is 5.82 Å². The molecule has 2 aromatic carbocycles. The van der Waals surface area contributed by atoms with Gasteiger partial charge >= 0.3 is 6.18 Å². The minimum Gasteiger partial charge on any atom is -0.372 e. The maximum Gasteiger partial charge on any atom is 0.418 e. The topological polar surface area (TPSA) is 53.6 Å². The van der Waals surface area contributed by atoms with Crippen molar-refractivity contribution in [2.45, 2.75) is 32.2 Å². The monoisotopic (exact) mass is 435 g/mol. The highest BCUT2D eigenvalue weighted by Crippen LogP contribution is 2.39. The van der Waals surface area contributed by atoms with Crippen molar-refractivity contribution in [2.24, 2.45) is 0 Å². The van der Waals surface area contributed by atoms with E-state index >= 15 is 0 Å². The van der Waals surface area contributed by atoms with Gasteiger partial charge in [-0.15, -0.1) is 0 Å². The molecule has 31 heavy (non-hydrogen) atoms. The minimum atomic E-state index is -4.56. The summed E-state index contributed by atoms with van der Waals surface area (Å²) >= 11 is 0. The molecule has 0 saturated carbocycles. The van der Waals surface area contributed by atoms with Crippen LogP contribution < -0.4 is 15.5 Å². The highest BCUT2D eigenvalue weighted by Gasteiger charge is 2.36. The standard InChI is InChI=1S/C22H21F4N3O2/c1-12-10-29(11-13(2)31-12)20-6-4-15(8-18(20)22(24,25)26)27-9-17-16-7-14(23)3-5-19(16)28-21(17)30/h3-9,12-13,27H,10-11H2,1-2H3,(H,28,30). The Kier molecular flexibility index (Phi) is 5.38. The third kappa shape index (κ3) is 4.36. The molecule has 0 aromatic heterocycles. The van der Waals surface area contributed by atoms with Crippen LogP contribution in [0.25, 0.3) is 5.57 Å². The number of benzene rings is 2. The summed E-state index contributed by atoms with van der Waals surface area (Å²) in [6.45, 7) is 4.36. The molecule has 2 aliphatic rings. The Bertz CT molecular complexity index is 1040. The number of ether oxygens (including phenoxy) is 1. The number of halogens is 4. The molecule has 9 heteroatoms. The molecule has 1 saturated heterocycles. The number of fused-ring (bicyclic) bond motifs is 1. The SMILES string of the molecule is CC1CN(c2ccc(NC=C3C(=O)Nc4ccc(F)cc43)cc2C(F)(F)F)CC(C)O1. The van der Waals surface area contributed by atoms with E-state index in [1.54, 1.807) is 4.90 Å². The number of carbonyl (C=O) groups is 1. The maximum absolute atomic E-state index is 13.8. The second-order valence-corrected chi connectivity index (χ2v) is 7.74. The van der Waals surface area contributed by atoms with Crippen LogP contribution in [0.4, 0.5) is 34.6 Å². The molecular formula is C22H21F4N3O2. The first-order valence-corrected chi connectivity index (χ1v) is 9.81. The van der Waals surface area contributed by atoms with E-state index in [1.807, 2.05) is 13.8 Å². The minimum absolute atomic E-state index is 0.0822. The second-order valence-electron chi connectivity index (χ2n) is 7.74. The second kappa shape index (κ2) is 7.88. The lowest BCUT2D eigenvalue weighted by atomic mass is 10.1. The Balaban J connectivity index is 1.64. The van der Waals surface area contributed by atoms with E-state index in [-0.39, 0.29) is 29.2 Å². The molecule has 164 valence electrons. The van der Waals surface area contributed by atoms with Gasteiger partial charge in [-0.25, -0.2) is 4.39 Å². The van der Waals surface area contributed by atoms with Crippen molar-refractivity contribution in [3.05, 3.63) is 59.5 Å². The van der Waals surface area contributed by atoms with Gasteiger partial charge in [0.2, 0.25) is 0 Å². The summed E-state index contributed by atoms with van der Waals surface area (Å²) in [5.74, 6) is -0.976. The van der Waals surface area contributed by atoms with E-state index in [0.29, 0.717) is 24.3 Å². The molecule has 1 amide bonds. The fraction of sp³-hybridized carbons (Fsp3) is 0.318. The Hall–Kier alpha value is -3.07. The quantitative estimate of drug-likeness (QED) is 0.534. The van der Waals surface area contributed by atoms with Crippen molar-refractivity contribution < 1.29 is 27.1 Å². The number of hydrogen-bond donors (Lipinski definition) is 2. The zero-order chi connectivity index (χ0) is 22.3. The van der Waals surface area contributed by atoms with Crippen molar-refractivity contribution in [2.75, 3.05) is 28.6 Å². The van der Waals surface area contributed by atoms with Crippen molar-refractivity contribution in [3.8, 4) is 0 Å². The normalized spacial score (nSPS) is 22.5. The van der Waals surface area contributed by atoms with E-state index in [1.165, 1.54) is 36.5 Å². The van der Waals surface area contributed by atoms with Gasteiger partial charge < -0.3 is 20.3 Å². The van der Waals surface area contributed by atoms with E-state index in [4.69, 9.17) is 4.74 Å². The van der Waals surface area contributed by atoms with Gasteiger partial charge in [-0.2, -0.15) is 13.2 Å². The largest absolute Gasteiger partial charge is 0.418 e.